The van der Waals surface area contributed by atoms with Gasteiger partial charge >= 0.3 is 0 Å². The Labute approximate surface area is 177 Å². The van der Waals surface area contributed by atoms with E-state index in [4.69, 9.17) is 0 Å². The molecule has 6 heteroatoms. The molecule has 1 amide bonds. The van der Waals surface area contributed by atoms with Gasteiger partial charge in [0, 0.05) is 46.3 Å². The van der Waals surface area contributed by atoms with Gasteiger partial charge in [-0.3, -0.25) is 4.79 Å². The lowest BCUT2D eigenvalue weighted by atomic mass is 10.2. The first-order chi connectivity index (χ1) is 15.0. The summed E-state index contributed by atoms with van der Waals surface area (Å²) in [5, 5.41) is 4.51. The predicted octanol–water partition coefficient (Wildman–Crippen LogP) is 5.71. The Morgan fingerprint density at radius 1 is 0.903 bits per heavy atom. The van der Waals surface area contributed by atoms with Crippen LogP contribution in [-0.4, -0.2) is 15.0 Å². The summed E-state index contributed by atoms with van der Waals surface area (Å²) >= 11 is 0. The third kappa shape index (κ3) is 3.46. The molecule has 4 nitrogen and oxygen atoms in total. The second-order valence-electron chi connectivity index (χ2n) is 7.56. The van der Waals surface area contributed by atoms with E-state index in [1.54, 1.807) is 34.9 Å². The second kappa shape index (κ2) is 7.40. The first-order valence-corrected chi connectivity index (χ1v) is 9.88. The van der Waals surface area contributed by atoms with Crippen LogP contribution in [0.4, 0.5) is 14.5 Å². The summed E-state index contributed by atoms with van der Waals surface area (Å²) in [6.45, 7) is 0.155. The number of aryl methyl sites for hydroxylation is 1. The Morgan fingerprint density at radius 3 is 2.55 bits per heavy atom. The molecule has 0 fully saturated rings. The molecule has 0 aliphatic carbocycles. The van der Waals surface area contributed by atoms with Crippen molar-refractivity contribution in [3.8, 4) is 0 Å². The summed E-state index contributed by atoms with van der Waals surface area (Å²) in [6.07, 6.45) is 1.96. The third-order valence-corrected chi connectivity index (χ3v) is 5.53. The van der Waals surface area contributed by atoms with E-state index < -0.39 is 5.82 Å². The van der Waals surface area contributed by atoms with Gasteiger partial charge in [-0.2, -0.15) is 0 Å². The van der Waals surface area contributed by atoms with Crippen molar-refractivity contribution in [3.05, 3.63) is 102 Å². The molecular formula is C25H19F2N3O. The van der Waals surface area contributed by atoms with Gasteiger partial charge in [0.2, 0.25) is 0 Å². The van der Waals surface area contributed by atoms with E-state index >= 15 is 0 Å². The molecule has 0 aliphatic rings. The van der Waals surface area contributed by atoms with Crippen molar-refractivity contribution in [2.75, 3.05) is 5.32 Å². The molecule has 2 heterocycles. The molecule has 2 aromatic heterocycles. The van der Waals surface area contributed by atoms with Crippen molar-refractivity contribution in [3.63, 3.8) is 0 Å². The molecule has 0 atom stereocenters. The standard InChI is InChI=1S/C25H19F2N3O/c1-29-11-10-16-13-20(7-9-22(16)29)28-25(31)24-14-18-12-19(26)6-8-23(18)30(24)15-17-4-2-3-5-21(17)27/h2-14H,15H2,1H3,(H,28,31). The van der Waals surface area contributed by atoms with Crippen molar-refractivity contribution in [1.29, 1.82) is 0 Å². The van der Waals surface area contributed by atoms with Crippen molar-refractivity contribution in [2.45, 2.75) is 6.54 Å². The SMILES string of the molecule is Cn1ccc2cc(NC(=O)c3cc4cc(F)ccc4n3Cc3ccccc3F)ccc21. The van der Waals surface area contributed by atoms with Crippen LogP contribution in [0.25, 0.3) is 21.8 Å². The minimum atomic E-state index is -0.392. The van der Waals surface area contributed by atoms with E-state index in [-0.39, 0.29) is 18.3 Å². The van der Waals surface area contributed by atoms with E-state index in [0.717, 1.165) is 10.9 Å². The minimum absolute atomic E-state index is 0.155. The summed E-state index contributed by atoms with van der Waals surface area (Å²) < 4.78 is 31.8. The molecule has 0 aliphatic heterocycles. The van der Waals surface area contributed by atoms with Gasteiger partial charge in [-0.15, -0.1) is 0 Å². The number of aromatic nitrogens is 2. The Kier molecular flexibility index (Phi) is 4.55. The van der Waals surface area contributed by atoms with Gasteiger partial charge in [0.25, 0.3) is 5.91 Å². The van der Waals surface area contributed by atoms with Crippen molar-refractivity contribution in [1.82, 2.24) is 9.13 Å². The average molecular weight is 415 g/mol. The number of rotatable bonds is 4. The molecule has 31 heavy (non-hydrogen) atoms. The number of benzene rings is 3. The van der Waals surface area contributed by atoms with Gasteiger partial charge in [0.05, 0.1) is 6.54 Å². The first-order valence-electron chi connectivity index (χ1n) is 9.88. The highest BCUT2D eigenvalue weighted by Crippen LogP contribution is 2.25. The maximum absolute atomic E-state index is 14.3. The molecule has 3 aromatic carbocycles. The van der Waals surface area contributed by atoms with E-state index in [1.807, 2.05) is 42.1 Å². The number of carbonyl (C=O) groups excluding carboxylic acids is 1. The monoisotopic (exact) mass is 415 g/mol. The molecule has 0 unspecified atom stereocenters. The van der Waals surface area contributed by atoms with Crippen molar-refractivity contribution < 1.29 is 13.6 Å². The molecule has 0 radical (unpaired) electrons. The second-order valence-corrected chi connectivity index (χ2v) is 7.56. The molecule has 1 N–H and O–H groups in total. The molecule has 5 rings (SSSR count). The third-order valence-electron chi connectivity index (χ3n) is 5.53. The van der Waals surface area contributed by atoms with Crippen LogP contribution in [0.5, 0.6) is 0 Å². The van der Waals surface area contributed by atoms with Gasteiger partial charge in [0.15, 0.2) is 0 Å². The number of hydrogen-bond donors (Lipinski definition) is 1. The summed E-state index contributed by atoms with van der Waals surface area (Å²) in [4.78, 5) is 13.2. The van der Waals surface area contributed by atoms with Crippen LogP contribution in [0, 0.1) is 11.6 Å². The Morgan fingerprint density at radius 2 is 1.71 bits per heavy atom. The molecule has 0 saturated carbocycles. The summed E-state index contributed by atoms with van der Waals surface area (Å²) in [5.41, 5.74) is 3.15. The maximum atomic E-state index is 14.3. The van der Waals surface area contributed by atoms with Crippen LogP contribution in [-0.2, 0) is 13.6 Å². The first kappa shape index (κ1) is 19.1. The minimum Gasteiger partial charge on any atom is -0.351 e. The number of anilines is 1. The maximum Gasteiger partial charge on any atom is 0.272 e. The van der Waals surface area contributed by atoms with Gasteiger partial charge in [0.1, 0.15) is 17.3 Å². The Hall–Kier alpha value is -3.93. The highest BCUT2D eigenvalue weighted by molar-refractivity contribution is 6.07. The lowest BCUT2D eigenvalue weighted by Crippen LogP contribution is -2.17. The fourth-order valence-electron chi connectivity index (χ4n) is 3.95. The fourth-order valence-corrected chi connectivity index (χ4v) is 3.95. The summed E-state index contributed by atoms with van der Waals surface area (Å²) in [5.74, 6) is -1.09. The van der Waals surface area contributed by atoms with E-state index in [0.29, 0.717) is 27.8 Å². The van der Waals surface area contributed by atoms with Gasteiger partial charge < -0.3 is 14.5 Å². The summed E-state index contributed by atoms with van der Waals surface area (Å²) in [6, 6.07) is 20.0. The van der Waals surface area contributed by atoms with Crippen molar-refractivity contribution >= 4 is 33.4 Å². The zero-order chi connectivity index (χ0) is 21.5. The zero-order valence-electron chi connectivity index (χ0n) is 16.8. The number of halogens is 2. The lowest BCUT2D eigenvalue weighted by molar-refractivity contribution is 0.101. The van der Waals surface area contributed by atoms with Crippen LogP contribution < -0.4 is 5.32 Å². The largest absolute Gasteiger partial charge is 0.351 e. The van der Waals surface area contributed by atoms with E-state index in [1.165, 1.54) is 18.2 Å². The van der Waals surface area contributed by atoms with E-state index in [9.17, 15) is 13.6 Å². The van der Waals surface area contributed by atoms with Gasteiger partial charge in [-0.1, -0.05) is 18.2 Å². The Balaban J connectivity index is 1.55. The highest BCUT2D eigenvalue weighted by Gasteiger charge is 2.18. The lowest BCUT2D eigenvalue weighted by Gasteiger charge is -2.12. The topological polar surface area (TPSA) is 39.0 Å². The number of amides is 1. The van der Waals surface area contributed by atoms with Crippen LogP contribution in [0.1, 0.15) is 16.1 Å². The normalized spacial score (nSPS) is 11.3. The average Bonchev–Trinajstić information content (AvgIpc) is 3.30. The highest BCUT2D eigenvalue weighted by atomic mass is 19.1. The summed E-state index contributed by atoms with van der Waals surface area (Å²) in [7, 11) is 1.96. The Bertz CT molecular complexity index is 1450. The van der Waals surface area contributed by atoms with Crippen molar-refractivity contribution in [2.24, 2.45) is 7.05 Å². The van der Waals surface area contributed by atoms with Crippen LogP contribution in [0.3, 0.4) is 0 Å². The number of hydrogen-bond acceptors (Lipinski definition) is 1. The number of fused-ring (bicyclic) bond motifs is 2. The zero-order valence-corrected chi connectivity index (χ0v) is 16.8. The van der Waals surface area contributed by atoms with Crippen LogP contribution >= 0.6 is 0 Å². The predicted molar refractivity (Wildman–Crippen MR) is 118 cm³/mol. The van der Waals surface area contributed by atoms with Gasteiger partial charge in [-0.05, 0) is 54.6 Å². The quantitative estimate of drug-likeness (QED) is 0.401. The van der Waals surface area contributed by atoms with Crippen LogP contribution in [0.15, 0.2) is 79.0 Å². The van der Waals surface area contributed by atoms with Gasteiger partial charge in [-0.25, -0.2) is 8.78 Å². The number of carbonyl (C=O) groups is 1. The fraction of sp³-hybridized carbons (Fsp3) is 0.0800. The molecule has 0 bridgehead atoms. The van der Waals surface area contributed by atoms with E-state index in [2.05, 4.69) is 5.32 Å². The molecular weight excluding hydrogens is 396 g/mol. The smallest absolute Gasteiger partial charge is 0.272 e. The molecule has 0 saturated heterocycles. The molecule has 0 spiro atoms. The molecule has 5 aromatic rings. The number of nitrogens with one attached hydrogen (secondary N) is 1. The van der Waals surface area contributed by atoms with Crippen LogP contribution in [0.2, 0.25) is 0 Å². The molecule has 154 valence electrons. The number of nitrogens with zero attached hydrogens (tertiary/aromatic N) is 2.